The number of hydrogen-bond acceptors (Lipinski definition) is 1. The predicted molar refractivity (Wildman–Crippen MR) is 176 cm³/mol. The third kappa shape index (κ3) is 5.63. The Morgan fingerprint density at radius 3 is 1.13 bits per heavy atom. The number of fused-ring (bicyclic) bond motifs is 9. The second-order valence-electron chi connectivity index (χ2n) is 11.4. The number of aromatic nitrogens is 4. The minimum atomic E-state index is -2.37. The molecule has 0 saturated heterocycles. The van der Waals surface area contributed by atoms with Gasteiger partial charge in [0.1, 0.15) is 0 Å². The fourth-order valence-electron chi connectivity index (χ4n) is 6.04. The van der Waals surface area contributed by atoms with Gasteiger partial charge in [-0.1, -0.05) is 64.5 Å². The second-order valence-corrected chi connectivity index (χ2v) is 12.3. The smallest absolute Gasteiger partial charge is 0.200 e. The number of benzene rings is 3. The molecular formula is C37H12BrCuF10N4-3. The molecule has 8 bridgehead atoms. The molecule has 0 fully saturated rings. The average molecular weight is 846 g/mol. The number of hydrogen-bond donors (Lipinski definition) is 0. The first-order valence-corrected chi connectivity index (χ1v) is 15.6. The SMILES string of the molecule is Fc1c(F)c(F)c(-c2c3nc(c(-c4ccc(Br)cc4)c4ccc([n-]4)c(-c4c(F)c(F)c(F)c(F)c4F)c4ccc([n-]4)c4ccc2[n-]4)C=C3)c(F)c1F.[Cu]. The number of nitrogens with zero attached hydrogens (tertiary/aromatic N) is 4. The molecule has 1 aliphatic rings. The fraction of sp³-hybridized carbons (Fsp3) is 0. The van der Waals surface area contributed by atoms with Crippen LogP contribution in [0.4, 0.5) is 43.9 Å². The largest absolute Gasteiger partial charge is 0.658 e. The molecule has 0 atom stereocenters. The van der Waals surface area contributed by atoms with E-state index in [2.05, 4.69) is 35.9 Å². The molecule has 3 aromatic carbocycles. The van der Waals surface area contributed by atoms with Crippen LogP contribution in [0, 0.1) is 58.2 Å². The molecule has 16 heteroatoms. The minimum absolute atomic E-state index is 0. The van der Waals surface area contributed by atoms with E-state index in [4.69, 9.17) is 0 Å². The Labute approximate surface area is 309 Å². The summed E-state index contributed by atoms with van der Waals surface area (Å²) in [6.45, 7) is 0. The van der Waals surface area contributed by atoms with Crippen LogP contribution in [0.5, 0.6) is 0 Å². The van der Waals surface area contributed by atoms with E-state index >= 15 is 17.6 Å². The van der Waals surface area contributed by atoms with Crippen molar-refractivity contribution < 1.29 is 61.0 Å². The van der Waals surface area contributed by atoms with E-state index in [0.29, 0.717) is 10.0 Å². The van der Waals surface area contributed by atoms with Crippen LogP contribution in [0.15, 0.2) is 65.1 Å². The summed E-state index contributed by atoms with van der Waals surface area (Å²) in [6.07, 6.45) is 2.64. The Bertz CT molecular complexity index is 2770. The van der Waals surface area contributed by atoms with Gasteiger partial charge in [0.05, 0.1) is 22.5 Å². The first-order valence-electron chi connectivity index (χ1n) is 14.8. The molecule has 1 aliphatic heterocycles. The predicted octanol–water partition coefficient (Wildman–Crippen LogP) is 10.7. The first-order chi connectivity index (χ1) is 24.8. The van der Waals surface area contributed by atoms with Gasteiger partial charge in [-0.3, -0.25) is 0 Å². The molecule has 0 unspecified atom stereocenters. The van der Waals surface area contributed by atoms with Gasteiger partial charge in [0.2, 0.25) is 11.6 Å². The van der Waals surface area contributed by atoms with E-state index in [1.165, 1.54) is 48.6 Å². The van der Waals surface area contributed by atoms with Gasteiger partial charge in [0.15, 0.2) is 46.5 Å². The summed E-state index contributed by atoms with van der Waals surface area (Å²) < 4.78 is 149. The normalized spacial score (nSPS) is 11.8. The van der Waals surface area contributed by atoms with Crippen LogP contribution in [0.3, 0.4) is 0 Å². The van der Waals surface area contributed by atoms with Gasteiger partial charge < -0.3 is 15.0 Å². The zero-order valence-electron chi connectivity index (χ0n) is 25.7. The average Bonchev–Trinajstić information content (AvgIpc) is 3.97. The Morgan fingerprint density at radius 1 is 0.358 bits per heavy atom. The van der Waals surface area contributed by atoms with Crippen molar-refractivity contribution in [3.63, 3.8) is 0 Å². The maximum Gasteiger partial charge on any atom is 0.200 e. The molecule has 0 aliphatic carbocycles. The van der Waals surface area contributed by atoms with Crippen LogP contribution in [0.25, 0.3) is 78.6 Å². The molecule has 4 aromatic heterocycles. The van der Waals surface area contributed by atoms with E-state index in [1.54, 1.807) is 24.3 Å². The van der Waals surface area contributed by atoms with Gasteiger partial charge >= 0.3 is 0 Å². The summed E-state index contributed by atoms with van der Waals surface area (Å²) in [5.41, 5.74) is -4.30. The first kappa shape index (κ1) is 36.1. The molecule has 5 heterocycles. The third-order valence-corrected chi connectivity index (χ3v) is 8.94. The van der Waals surface area contributed by atoms with Gasteiger partial charge in [-0.05, 0) is 46.5 Å². The molecule has 7 aromatic rings. The molecule has 8 rings (SSSR count). The van der Waals surface area contributed by atoms with Gasteiger partial charge in [-0.2, -0.15) is 11.0 Å². The maximum absolute atomic E-state index is 15.4. The van der Waals surface area contributed by atoms with Crippen LogP contribution in [0.1, 0.15) is 11.4 Å². The van der Waals surface area contributed by atoms with Crippen molar-refractivity contribution in [1.29, 1.82) is 0 Å². The summed E-state index contributed by atoms with van der Waals surface area (Å²) in [5, 5.41) is 0. The summed E-state index contributed by atoms with van der Waals surface area (Å²) in [5.74, 6) is -22.1. The Hall–Kier alpha value is -5.31. The van der Waals surface area contributed by atoms with E-state index in [-0.39, 0.29) is 67.1 Å². The quantitative estimate of drug-likeness (QED) is 0.0769. The van der Waals surface area contributed by atoms with E-state index in [9.17, 15) is 26.3 Å². The number of halogens is 11. The maximum atomic E-state index is 15.4. The molecule has 0 saturated carbocycles. The molecule has 4 nitrogen and oxygen atoms in total. The monoisotopic (exact) mass is 844 g/mol. The van der Waals surface area contributed by atoms with E-state index in [1.807, 2.05) is 0 Å². The van der Waals surface area contributed by atoms with Crippen molar-refractivity contribution >= 4 is 61.2 Å². The van der Waals surface area contributed by atoms with Gasteiger partial charge in [0, 0.05) is 21.5 Å². The molecule has 0 amide bonds. The van der Waals surface area contributed by atoms with Crippen molar-refractivity contribution in [2.24, 2.45) is 0 Å². The van der Waals surface area contributed by atoms with Crippen LogP contribution >= 0.6 is 15.9 Å². The molecule has 0 N–H and O–H groups in total. The van der Waals surface area contributed by atoms with Crippen LogP contribution < -0.4 is 15.0 Å². The Morgan fingerprint density at radius 2 is 0.679 bits per heavy atom. The van der Waals surface area contributed by atoms with Crippen LogP contribution in [-0.2, 0) is 17.1 Å². The molecule has 271 valence electrons. The Kier molecular flexibility index (Phi) is 9.03. The van der Waals surface area contributed by atoms with Crippen LogP contribution in [0.2, 0.25) is 0 Å². The van der Waals surface area contributed by atoms with E-state index < -0.39 is 80.4 Å². The molecular weight excluding hydrogens is 834 g/mol. The van der Waals surface area contributed by atoms with Gasteiger partial charge in [-0.15, -0.1) is 22.1 Å². The zero-order valence-corrected chi connectivity index (χ0v) is 28.2. The Balaban J connectivity index is 0.00000435. The summed E-state index contributed by atoms with van der Waals surface area (Å²) in [4.78, 5) is 17.7. The van der Waals surface area contributed by atoms with Crippen LogP contribution in [-0.4, -0.2) is 4.98 Å². The summed E-state index contributed by atoms with van der Waals surface area (Å²) in [7, 11) is 0. The van der Waals surface area contributed by atoms with Gasteiger partial charge in [-0.25, -0.2) is 48.9 Å². The van der Waals surface area contributed by atoms with Crippen molar-refractivity contribution in [3.8, 4) is 33.4 Å². The summed E-state index contributed by atoms with van der Waals surface area (Å²) in [6, 6.07) is 14.1. The number of rotatable bonds is 3. The van der Waals surface area contributed by atoms with Gasteiger partial charge in [0.25, 0.3) is 0 Å². The third-order valence-electron chi connectivity index (χ3n) is 8.41. The molecule has 0 spiro atoms. The van der Waals surface area contributed by atoms with Crippen molar-refractivity contribution in [2.45, 2.75) is 0 Å². The topological polar surface area (TPSA) is 55.2 Å². The zero-order chi connectivity index (χ0) is 36.7. The second kappa shape index (κ2) is 13.3. The minimum Gasteiger partial charge on any atom is -0.658 e. The van der Waals surface area contributed by atoms with Crippen molar-refractivity contribution in [1.82, 2.24) is 19.9 Å². The van der Waals surface area contributed by atoms with Crippen molar-refractivity contribution in [2.75, 3.05) is 0 Å². The van der Waals surface area contributed by atoms with E-state index in [0.717, 1.165) is 0 Å². The molecule has 1 radical (unpaired) electrons. The summed E-state index contributed by atoms with van der Waals surface area (Å²) >= 11 is 3.33. The molecule has 53 heavy (non-hydrogen) atoms. The standard InChI is InChI=1S/C37H12BrF10N4.Cu/c38-14-3-1-13(2-4-14)23-17-9-11-21(51-17)24(26-28(39)32(43)36(47)33(44)29(26)40)19-7-5-15(49-19)16-6-8-20(50-16)25(22-12-10-18(23)52-22)27-30(41)34(45)37(48)35(46)31(27)42;/h1-12H;/q-3;. The fourth-order valence-corrected chi connectivity index (χ4v) is 6.30. The van der Waals surface area contributed by atoms with Crippen molar-refractivity contribution in [3.05, 3.63) is 135 Å².